The number of nitrogens with zero attached hydrogens (tertiary/aromatic N) is 2. The van der Waals surface area contributed by atoms with Gasteiger partial charge in [-0.05, 0) is 35.9 Å². The molecule has 0 amide bonds. The molecule has 4 rings (SSSR count). The lowest BCUT2D eigenvalue weighted by atomic mass is 10.0. The van der Waals surface area contributed by atoms with Crippen molar-refractivity contribution in [3.63, 3.8) is 0 Å². The van der Waals surface area contributed by atoms with Gasteiger partial charge in [0.15, 0.2) is 5.13 Å². The van der Waals surface area contributed by atoms with Gasteiger partial charge in [0.1, 0.15) is 6.10 Å². The van der Waals surface area contributed by atoms with Crippen molar-refractivity contribution >= 4 is 27.2 Å². The summed E-state index contributed by atoms with van der Waals surface area (Å²) in [6.07, 6.45) is 5.88. The fourth-order valence-electron chi connectivity index (χ4n) is 2.79. The Bertz CT molecular complexity index is 793. The van der Waals surface area contributed by atoms with Gasteiger partial charge in [-0.3, -0.25) is 4.98 Å². The van der Waals surface area contributed by atoms with Gasteiger partial charge < -0.3 is 10.5 Å². The number of benzene rings is 1. The van der Waals surface area contributed by atoms with E-state index in [4.69, 9.17) is 10.5 Å². The molecule has 1 atom stereocenters. The number of thiazole rings is 1. The lowest BCUT2D eigenvalue weighted by Gasteiger charge is -2.09. The second-order valence-electron chi connectivity index (χ2n) is 5.21. The average Bonchev–Trinajstić information content (AvgIpc) is 3.15. The fourth-order valence-corrected chi connectivity index (χ4v) is 3.67. The van der Waals surface area contributed by atoms with Gasteiger partial charge in [0.25, 0.3) is 0 Å². The van der Waals surface area contributed by atoms with Crippen molar-refractivity contribution in [2.24, 2.45) is 0 Å². The molecule has 1 unspecified atom stereocenters. The molecule has 21 heavy (non-hydrogen) atoms. The third kappa shape index (κ3) is 2.28. The molecule has 0 bridgehead atoms. The van der Waals surface area contributed by atoms with Crippen LogP contribution in [0.3, 0.4) is 0 Å². The Morgan fingerprint density at radius 2 is 2.19 bits per heavy atom. The van der Waals surface area contributed by atoms with E-state index < -0.39 is 0 Å². The molecule has 4 nitrogen and oxygen atoms in total. The van der Waals surface area contributed by atoms with Crippen molar-refractivity contribution in [2.45, 2.75) is 18.9 Å². The van der Waals surface area contributed by atoms with Crippen molar-refractivity contribution in [1.82, 2.24) is 9.97 Å². The molecule has 0 aliphatic carbocycles. The number of hydrogen-bond donors (Lipinski definition) is 1. The summed E-state index contributed by atoms with van der Waals surface area (Å²) in [5.41, 5.74) is 8.07. The fraction of sp³-hybridized carbons (Fsp3) is 0.250. The highest BCUT2D eigenvalue weighted by molar-refractivity contribution is 7.18. The minimum atomic E-state index is 0.0849. The van der Waals surface area contributed by atoms with Gasteiger partial charge in [0.2, 0.25) is 0 Å². The van der Waals surface area contributed by atoms with Gasteiger partial charge in [0.05, 0.1) is 10.6 Å². The molecule has 3 aromatic rings. The molecule has 106 valence electrons. The molecule has 3 heterocycles. The quantitative estimate of drug-likeness (QED) is 0.781. The van der Waals surface area contributed by atoms with Crippen molar-refractivity contribution < 1.29 is 4.74 Å². The van der Waals surface area contributed by atoms with E-state index in [0.29, 0.717) is 5.13 Å². The highest BCUT2D eigenvalue weighted by atomic mass is 32.1. The van der Waals surface area contributed by atoms with Gasteiger partial charge >= 0.3 is 0 Å². The zero-order valence-corrected chi connectivity index (χ0v) is 12.3. The molecule has 5 heteroatoms. The summed E-state index contributed by atoms with van der Waals surface area (Å²) in [6.45, 7) is 0.810. The van der Waals surface area contributed by atoms with Gasteiger partial charge in [-0.15, -0.1) is 0 Å². The summed E-state index contributed by atoms with van der Waals surface area (Å²) in [5, 5.41) is 2.91. The van der Waals surface area contributed by atoms with Crippen molar-refractivity contribution in [3.8, 4) is 10.4 Å². The van der Waals surface area contributed by atoms with Gasteiger partial charge in [-0.2, -0.15) is 0 Å². The van der Waals surface area contributed by atoms with Crippen LogP contribution in [0.1, 0.15) is 24.6 Å². The number of nitrogens with two attached hydrogens (primary N) is 1. The van der Waals surface area contributed by atoms with E-state index in [1.54, 1.807) is 0 Å². The minimum Gasteiger partial charge on any atom is -0.375 e. The molecule has 0 saturated carbocycles. The van der Waals surface area contributed by atoms with E-state index in [1.807, 2.05) is 18.5 Å². The molecule has 1 fully saturated rings. The SMILES string of the molecule is Nc1nc(C2CCCO2)c(-c2ccc3cnccc3c2)s1. The van der Waals surface area contributed by atoms with Crippen LogP contribution in [0.5, 0.6) is 0 Å². The second kappa shape index (κ2) is 5.09. The molecule has 1 aromatic carbocycles. The summed E-state index contributed by atoms with van der Waals surface area (Å²) in [7, 11) is 0. The Balaban J connectivity index is 1.84. The second-order valence-corrected chi connectivity index (χ2v) is 6.24. The average molecular weight is 297 g/mol. The van der Waals surface area contributed by atoms with Crippen molar-refractivity contribution in [3.05, 3.63) is 42.4 Å². The summed E-state index contributed by atoms with van der Waals surface area (Å²) in [4.78, 5) is 9.78. The number of fused-ring (bicyclic) bond motifs is 1. The maximum Gasteiger partial charge on any atom is 0.180 e. The molecule has 2 aromatic heterocycles. The Labute approximate surface area is 126 Å². The predicted octanol–water partition coefficient (Wildman–Crippen LogP) is 3.79. The Kier molecular flexibility index (Phi) is 3.09. The monoisotopic (exact) mass is 297 g/mol. The first kappa shape index (κ1) is 12.7. The van der Waals surface area contributed by atoms with E-state index >= 15 is 0 Å². The summed E-state index contributed by atoms with van der Waals surface area (Å²) < 4.78 is 5.78. The van der Waals surface area contributed by atoms with E-state index in [1.165, 1.54) is 16.7 Å². The van der Waals surface area contributed by atoms with Crippen LogP contribution in [0.25, 0.3) is 21.2 Å². The molecule has 1 saturated heterocycles. The highest BCUT2D eigenvalue weighted by Crippen LogP contribution is 2.40. The lowest BCUT2D eigenvalue weighted by molar-refractivity contribution is 0.109. The molecule has 1 aliphatic heterocycles. The smallest absolute Gasteiger partial charge is 0.180 e. The van der Waals surface area contributed by atoms with E-state index in [-0.39, 0.29) is 6.10 Å². The van der Waals surface area contributed by atoms with E-state index in [2.05, 4.69) is 28.2 Å². The van der Waals surface area contributed by atoms with Crippen molar-refractivity contribution in [2.75, 3.05) is 12.3 Å². The van der Waals surface area contributed by atoms with Crippen LogP contribution in [0, 0.1) is 0 Å². The number of ether oxygens (including phenoxy) is 1. The zero-order chi connectivity index (χ0) is 14.2. The van der Waals surface area contributed by atoms with Gasteiger partial charge in [-0.1, -0.05) is 23.5 Å². The third-order valence-electron chi connectivity index (χ3n) is 3.81. The first-order valence-corrected chi connectivity index (χ1v) is 7.85. The third-order valence-corrected chi connectivity index (χ3v) is 4.76. The van der Waals surface area contributed by atoms with E-state index in [9.17, 15) is 0 Å². The summed E-state index contributed by atoms with van der Waals surface area (Å²) in [6, 6.07) is 8.39. The first-order valence-electron chi connectivity index (χ1n) is 7.03. The maximum atomic E-state index is 5.94. The largest absolute Gasteiger partial charge is 0.375 e. The van der Waals surface area contributed by atoms with Crippen LogP contribution in [0.2, 0.25) is 0 Å². The summed E-state index contributed by atoms with van der Waals surface area (Å²) in [5.74, 6) is 0. The van der Waals surface area contributed by atoms with Crippen LogP contribution in [0.15, 0.2) is 36.7 Å². The molecular formula is C16H15N3OS. The van der Waals surface area contributed by atoms with E-state index in [0.717, 1.165) is 41.0 Å². The molecule has 2 N–H and O–H groups in total. The zero-order valence-electron chi connectivity index (χ0n) is 11.5. The van der Waals surface area contributed by atoms with Crippen LogP contribution in [-0.2, 0) is 4.74 Å². The number of aromatic nitrogens is 2. The standard InChI is InChI=1S/C16H15N3OS/c17-16-19-14(13-2-1-7-20-13)15(21-16)11-3-4-12-9-18-6-5-10(12)8-11/h3-6,8-9,13H,1-2,7H2,(H2,17,19). The maximum absolute atomic E-state index is 5.94. The molecular weight excluding hydrogens is 282 g/mol. The number of rotatable bonds is 2. The number of anilines is 1. The van der Waals surface area contributed by atoms with Crippen LogP contribution >= 0.6 is 11.3 Å². The number of nitrogen functional groups attached to an aromatic ring is 1. The molecule has 0 spiro atoms. The van der Waals surface area contributed by atoms with Crippen molar-refractivity contribution in [1.29, 1.82) is 0 Å². The Morgan fingerprint density at radius 3 is 3.05 bits per heavy atom. The van der Waals surface area contributed by atoms with Crippen LogP contribution < -0.4 is 5.73 Å². The molecule has 0 radical (unpaired) electrons. The Morgan fingerprint density at radius 1 is 1.24 bits per heavy atom. The topological polar surface area (TPSA) is 61.0 Å². The Hall–Kier alpha value is -1.98. The highest BCUT2D eigenvalue weighted by Gasteiger charge is 2.25. The predicted molar refractivity (Wildman–Crippen MR) is 85.2 cm³/mol. The van der Waals surface area contributed by atoms with Gasteiger partial charge in [-0.25, -0.2) is 4.98 Å². The number of hydrogen-bond acceptors (Lipinski definition) is 5. The lowest BCUT2D eigenvalue weighted by Crippen LogP contribution is -1.98. The summed E-state index contributed by atoms with van der Waals surface area (Å²) >= 11 is 1.53. The van der Waals surface area contributed by atoms with Crippen LogP contribution in [0.4, 0.5) is 5.13 Å². The van der Waals surface area contributed by atoms with Gasteiger partial charge in [0, 0.05) is 24.4 Å². The normalized spacial score (nSPS) is 18.4. The first-order chi connectivity index (χ1) is 10.3. The molecule has 1 aliphatic rings. The van der Waals surface area contributed by atoms with Crippen LogP contribution in [-0.4, -0.2) is 16.6 Å². The number of pyridine rings is 1. The minimum absolute atomic E-state index is 0.0849.